The summed E-state index contributed by atoms with van der Waals surface area (Å²) in [5.74, 6) is -1.65. The van der Waals surface area contributed by atoms with Crippen molar-refractivity contribution in [2.45, 2.75) is 26.2 Å². The van der Waals surface area contributed by atoms with Gasteiger partial charge in [-0.2, -0.15) is 0 Å². The van der Waals surface area contributed by atoms with Crippen LogP contribution >= 0.6 is 0 Å². The summed E-state index contributed by atoms with van der Waals surface area (Å²) >= 11 is 0. The van der Waals surface area contributed by atoms with E-state index in [2.05, 4.69) is 4.98 Å². The van der Waals surface area contributed by atoms with Gasteiger partial charge in [-0.05, 0) is 36.2 Å². The molecule has 3 aromatic rings. The molecule has 0 bridgehead atoms. The number of aromatic amines is 1. The number of hydrogen-bond donors (Lipinski definition) is 1. The zero-order valence-corrected chi connectivity index (χ0v) is 15.5. The largest absolute Gasteiger partial charge is 0.457 e. The Morgan fingerprint density at radius 1 is 1.00 bits per heavy atom. The van der Waals surface area contributed by atoms with E-state index in [4.69, 9.17) is 4.74 Å². The van der Waals surface area contributed by atoms with Crippen LogP contribution in [0.1, 0.15) is 46.0 Å². The lowest BCUT2D eigenvalue weighted by molar-refractivity contribution is -0.142. The van der Waals surface area contributed by atoms with E-state index in [1.54, 1.807) is 6.20 Å². The fraction of sp³-hybridized carbons (Fsp3) is 0.227. The first-order valence-electron chi connectivity index (χ1n) is 9.06. The normalized spacial score (nSPS) is 10.8. The molecule has 3 rings (SSSR count). The predicted molar refractivity (Wildman–Crippen MR) is 103 cm³/mol. The Balaban J connectivity index is 1.54. The van der Waals surface area contributed by atoms with Gasteiger partial charge >= 0.3 is 5.97 Å². The van der Waals surface area contributed by atoms with E-state index in [1.807, 2.05) is 25.1 Å². The number of esters is 1. The number of halogens is 1. The van der Waals surface area contributed by atoms with Crippen molar-refractivity contribution in [3.05, 3.63) is 71.2 Å². The van der Waals surface area contributed by atoms with Crippen LogP contribution in [0.2, 0.25) is 0 Å². The van der Waals surface area contributed by atoms with Gasteiger partial charge in [-0.25, -0.2) is 4.39 Å². The molecule has 0 aliphatic rings. The molecule has 1 aromatic heterocycles. The molecule has 0 saturated heterocycles. The maximum atomic E-state index is 12.9. The SMILES string of the molecule is CCc1cccc2c(C(=O)COC(=O)CCC(=O)c3ccc(F)cc3)c[nH]c12. The van der Waals surface area contributed by atoms with Gasteiger partial charge in [0.1, 0.15) is 5.82 Å². The molecule has 0 aliphatic carbocycles. The van der Waals surface area contributed by atoms with Gasteiger partial charge in [-0.15, -0.1) is 0 Å². The second-order valence-corrected chi connectivity index (χ2v) is 6.41. The second kappa shape index (κ2) is 8.61. The number of carbonyl (C=O) groups is 3. The van der Waals surface area contributed by atoms with E-state index in [-0.39, 0.29) is 31.0 Å². The van der Waals surface area contributed by atoms with Crippen molar-refractivity contribution in [3.63, 3.8) is 0 Å². The fourth-order valence-corrected chi connectivity index (χ4v) is 3.03. The Morgan fingerprint density at radius 2 is 1.75 bits per heavy atom. The highest BCUT2D eigenvalue weighted by Gasteiger charge is 2.16. The van der Waals surface area contributed by atoms with Crippen LogP contribution in [0.5, 0.6) is 0 Å². The number of nitrogens with one attached hydrogen (secondary N) is 1. The van der Waals surface area contributed by atoms with Crippen molar-refractivity contribution in [2.24, 2.45) is 0 Å². The van der Waals surface area contributed by atoms with Crippen LogP contribution in [0.25, 0.3) is 10.9 Å². The van der Waals surface area contributed by atoms with E-state index < -0.39 is 11.8 Å². The van der Waals surface area contributed by atoms with Crippen LogP contribution in [0.3, 0.4) is 0 Å². The molecule has 5 nitrogen and oxygen atoms in total. The molecular formula is C22H20FNO4. The van der Waals surface area contributed by atoms with Crippen molar-refractivity contribution < 1.29 is 23.5 Å². The van der Waals surface area contributed by atoms with Crippen LogP contribution in [0.15, 0.2) is 48.7 Å². The van der Waals surface area contributed by atoms with E-state index in [0.29, 0.717) is 11.1 Å². The van der Waals surface area contributed by atoms with Gasteiger partial charge in [0.05, 0.1) is 6.42 Å². The molecule has 1 heterocycles. The molecule has 0 atom stereocenters. The highest BCUT2D eigenvalue weighted by atomic mass is 19.1. The zero-order valence-electron chi connectivity index (χ0n) is 15.5. The summed E-state index contributed by atoms with van der Waals surface area (Å²) < 4.78 is 17.9. The standard InChI is InChI=1S/C22H20FNO4/c1-2-14-4-3-5-17-18(12-24-22(14)17)20(26)13-28-21(27)11-10-19(25)15-6-8-16(23)9-7-15/h3-9,12,24H,2,10-11,13H2,1H3. The summed E-state index contributed by atoms with van der Waals surface area (Å²) in [6.45, 7) is 1.65. The Hall–Kier alpha value is -3.28. The second-order valence-electron chi connectivity index (χ2n) is 6.41. The van der Waals surface area contributed by atoms with Crippen molar-refractivity contribution in [1.82, 2.24) is 4.98 Å². The third kappa shape index (κ3) is 4.34. The first kappa shape index (κ1) is 19.5. The number of Topliss-reactive ketones (excluding diaryl/α,β-unsaturated/α-hetero) is 2. The van der Waals surface area contributed by atoms with Crippen LogP contribution in [0, 0.1) is 5.82 Å². The lowest BCUT2D eigenvalue weighted by atomic mass is 10.1. The van der Waals surface area contributed by atoms with Crippen molar-refractivity contribution >= 4 is 28.4 Å². The summed E-state index contributed by atoms with van der Waals surface area (Å²) in [5, 5.41) is 0.798. The van der Waals surface area contributed by atoms with E-state index in [1.165, 1.54) is 24.3 Å². The van der Waals surface area contributed by atoms with Crippen LogP contribution in [-0.2, 0) is 16.0 Å². The fourth-order valence-electron chi connectivity index (χ4n) is 3.03. The van der Waals surface area contributed by atoms with E-state index in [0.717, 1.165) is 22.9 Å². The average molecular weight is 381 g/mol. The quantitative estimate of drug-likeness (QED) is 0.467. The molecule has 6 heteroatoms. The number of aromatic nitrogens is 1. The Morgan fingerprint density at radius 3 is 2.46 bits per heavy atom. The smallest absolute Gasteiger partial charge is 0.306 e. The first-order chi connectivity index (χ1) is 13.5. The first-order valence-corrected chi connectivity index (χ1v) is 9.06. The summed E-state index contributed by atoms with van der Waals surface area (Å²) in [6, 6.07) is 10.8. The van der Waals surface area contributed by atoms with Gasteiger partial charge in [0.15, 0.2) is 12.4 Å². The molecule has 0 fully saturated rings. The summed E-state index contributed by atoms with van der Waals surface area (Å²) in [6.07, 6.45) is 2.25. The molecule has 0 amide bonds. The number of ether oxygens (including phenoxy) is 1. The van der Waals surface area contributed by atoms with Gasteiger partial charge < -0.3 is 9.72 Å². The van der Waals surface area contributed by atoms with Gasteiger partial charge in [-0.3, -0.25) is 14.4 Å². The Kier molecular flexibility index (Phi) is 5.99. The number of ketones is 2. The molecule has 28 heavy (non-hydrogen) atoms. The molecule has 1 N–H and O–H groups in total. The lowest BCUT2D eigenvalue weighted by Gasteiger charge is -2.05. The van der Waals surface area contributed by atoms with Crippen molar-refractivity contribution in [2.75, 3.05) is 6.61 Å². The van der Waals surface area contributed by atoms with Crippen LogP contribution in [0.4, 0.5) is 4.39 Å². The number of benzene rings is 2. The van der Waals surface area contributed by atoms with E-state index in [9.17, 15) is 18.8 Å². The number of H-pyrrole nitrogens is 1. The predicted octanol–water partition coefficient (Wildman–Crippen LogP) is 4.26. The van der Waals surface area contributed by atoms with E-state index >= 15 is 0 Å². The number of carbonyl (C=O) groups excluding carboxylic acids is 3. The highest BCUT2D eigenvalue weighted by Crippen LogP contribution is 2.22. The number of aryl methyl sites for hydroxylation is 1. The molecule has 144 valence electrons. The summed E-state index contributed by atoms with van der Waals surface area (Å²) in [5.41, 5.74) is 2.81. The number of fused-ring (bicyclic) bond motifs is 1. The van der Waals surface area contributed by atoms with Gasteiger partial charge in [0.2, 0.25) is 5.78 Å². The maximum Gasteiger partial charge on any atom is 0.306 e. The molecule has 0 spiro atoms. The minimum absolute atomic E-state index is 0.0639. The highest BCUT2D eigenvalue weighted by molar-refractivity contribution is 6.09. The Labute approximate surface area is 161 Å². The van der Waals surface area contributed by atoms with Gasteiger partial charge in [0.25, 0.3) is 0 Å². The zero-order chi connectivity index (χ0) is 20.1. The lowest BCUT2D eigenvalue weighted by Crippen LogP contribution is -2.15. The summed E-state index contributed by atoms with van der Waals surface area (Å²) in [4.78, 5) is 39.4. The third-order valence-electron chi connectivity index (χ3n) is 4.57. The third-order valence-corrected chi connectivity index (χ3v) is 4.57. The minimum atomic E-state index is -0.627. The number of rotatable bonds is 8. The Bertz CT molecular complexity index is 1020. The molecule has 0 unspecified atom stereocenters. The summed E-state index contributed by atoms with van der Waals surface area (Å²) in [7, 11) is 0. The number of hydrogen-bond acceptors (Lipinski definition) is 4. The van der Waals surface area contributed by atoms with Crippen molar-refractivity contribution in [3.8, 4) is 0 Å². The van der Waals surface area contributed by atoms with Gasteiger partial charge in [-0.1, -0.05) is 25.1 Å². The minimum Gasteiger partial charge on any atom is -0.457 e. The molecule has 0 radical (unpaired) electrons. The molecule has 2 aromatic carbocycles. The average Bonchev–Trinajstić information content (AvgIpc) is 3.15. The van der Waals surface area contributed by atoms with Crippen LogP contribution in [-0.4, -0.2) is 29.1 Å². The molecule has 0 aliphatic heterocycles. The van der Waals surface area contributed by atoms with Crippen LogP contribution < -0.4 is 0 Å². The maximum absolute atomic E-state index is 12.9. The molecule has 0 saturated carbocycles. The topological polar surface area (TPSA) is 76.2 Å². The monoisotopic (exact) mass is 381 g/mol. The molecular weight excluding hydrogens is 361 g/mol. The number of para-hydroxylation sites is 1. The van der Waals surface area contributed by atoms with Gasteiger partial charge in [0, 0.05) is 34.6 Å². The van der Waals surface area contributed by atoms with Crippen molar-refractivity contribution in [1.29, 1.82) is 0 Å².